The highest BCUT2D eigenvalue weighted by molar-refractivity contribution is 7.80. The molecular formula is C7H13N3OS. The molecule has 4 nitrogen and oxygen atoms in total. The lowest BCUT2D eigenvalue weighted by Crippen LogP contribution is -2.46. The summed E-state index contributed by atoms with van der Waals surface area (Å²) in [4.78, 5) is 0. The van der Waals surface area contributed by atoms with Crippen LogP contribution in [-0.2, 0) is 0 Å². The molecule has 0 aromatic carbocycles. The molecule has 1 heterocycles. The van der Waals surface area contributed by atoms with Crippen molar-refractivity contribution in [3.05, 3.63) is 0 Å². The molecule has 0 saturated heterocycles. The third kappa shape index (κ3) is 1.56. The molecule has 1 rings (SSSR count). The maximum Gasteiger partial charge on any atom is 0.192 e. The number of hydrazone groups is 1. The van der Waals surface area contributed by atoms with Gasteiger partial charge in [0.1, 0.15) is 0 Å². The summed E-state index contributed by atoms with van der Waals surface area (Å²) in [6.07, 6.45) is 0.537. The van der Waals surface area contributed by atoms with E-state index in [1.54, 1.807) is 14.0 Å². The summed E-state index contributed by atoms with van der Waals surface area (Å²) in [6, 6.07) is 0. The number of hydrogen-bond donors (Lipinski definition) is 2. The smallest absolute Gasteiger partial charge is 0.192 e. The summed E-state index contributed by atoms with van der Waals surface area (Å²) < 4.78 is 0. The molecule has 1 aliphatic heterocycles. The van der Waals surface area contributed by atoms with E-state index < -0.39 is 5.72 Å². The zero-order chi connectivity index (χ0) is 9.35. The lowest BCUT2D eigenvalue weighted by atomic mass is 10.1. The van der Waals surface area contributed by atoms with Gasteiger partial charge in [0.05, 0.1) is 0 Å². The van der Waals surface area contributed by atoms with Crippen molar-refractivity contribution < 1.29 is 5.11 Å². The van der Waals surface area contributed by atoms with Gasteiger partial charge >= 0.3 is 0 Å². The van der Waals surface area contributed by atoms with Gasteiger partial charge in [0, 0.05) is 19.2 Å². The van der Waals surface area contributed by atoms with Gasteiger partial charge in [-0.15, -0.1) is 0 Å². The van der Waals surface area contributed by atoms with Crippen molar-refractivity contribution in [2.45, 2.75) is 26.0 Å². The van der Waals surface area contributed by atoms with Gasteiger partial charge in [0.2, 0.25) is 0 Å². The van der Waals surface area contributed by atoms with Crippen LogP contribution in [0, 0.1) is 0 Å². The summed E-state index contributed by atoms with van der Waals surface area (Å²) in [6.45, 7) is 3.56. The largest absolute Gasteiger partial charge is 0.369 e. The molecule has 0 spiro atoms. The van der Waals surface area contributed by atoms with Crippen LogP contribution in [0.2, 0.25) is 0 Å². The van der Waals surface area contributed by atoms with E-state index in [9.17, 15) is 5.11 Å². The van der Waals surface area contributed by atoms with Crippen molar-refractivity contribution in [3.63, 3.8) is 0 Å². The normalized spacial score (nSPS) is 28.7. The van der Waals surface area contributed by atoms with Crippen molar-refractivity contribution in [1.29, 1.82) is 0 Å². The highest BCUT2D eigenvalue weighted by Crippen LogP contribution is 2.23. The Morgan fingerprint density at radius 3 is 2.75 bits per heavy atom. The fraction of sp³-hybridized carbons (Fsp3) is 0.714. The first kappa shape index (κ1) is 9.41. The van der Waals surface area contributed by atoms with E-state index in [-0.39, 0.29) is 0 Å². The number of hydrogen-bond acceptors (Lipinski definition) is 3. The Morgan fingerprint density at radius 2 is 2.42 bits per heavy atom. The Morgan fingerprint density at radius 1 is 1.83 bits per heavy atom. The molecule has 1 atom stereocenters. The lowest BCUT2D eigenvalue weighted by Gasteiger charge is -2.28. The number of thiocarbonyl (C=S) groups is 1. The van der Waals surface area contributed by atoms with Crippen LogP contribution in [-0.4, -0.2) is 33.7 Å². The number of aliphatic hydroxyl groups is 1. The predicted molar refractivity (Wildman–Crippen MR) is 51.8 cm³/mol. The van der Waals surface area contributed by atoms with E-state index in [0.717, 1.165) is 5.71 Å². The molecule has 0 fully saturated rings. The third-order valence-corrected chi connectivity index (χ3v) is 2.10. The van der Waals surface area contributed by atoms with Gasteiger partial charge in [0.15, 0.2) is 10.8 Å². The molecule has 0 saturated carbocycles. The molecule has 0 radical (unpaired) electrons. The van der Waals surface area contributed by atoms with Crippen molar-refractivity contribution >= 4 is 23.0 Å². The Labute approximate surface area is 77.3 Å². The van der Waals surface area contributed by atoms with Crippen molar-refractivity contribution in [1.82, 2.24) is 10.3 Å². The van der Waals surface area contributed by atoms with Crippen molar-refractivity contribution in [2.24, 2.45) is 5.10 Å². The standard InChI is InChI=1S/C7H13N3OS/c1-5-4-7(2,11)10(9-5)6(12)8-3/h11H,4H2,1-3H3,(H,8,12). The van der Waals surface area contributed by atoms with Gasteiger partial charge in [-0.3, -0.25) is 0 Å². The first-order valence-electron chi connectivity index (χ1n) is 3.76. The van der Waals surface area contributed by atoms with E-state index in [1.807, 2.05) is 6.92 Å². The van der Waals surface area contributed by atoms with E-state index in [4.69, 9.17) is 12.2 Å². The maximum absolute atomic E-state index is 9.81. The molecule has 0 amide bonds. The van der Waals surface area contributed by atoms with Gasteiger partial charge in [-0.1, -0.05) is 0 Å². The van der Waals surface area contributed by atoms with E-state index in [0.29, 0.717) is 11.5 Å². The number of nitrogens with zero attached hydrogens (tertiary/aromatic N) is 2. The number of rotatable bonds is 0. The summed E-state index contributed by atoms with van der Waals surface area (Å²) in [5, 5.41) is 18.6. The van der Waals surface area contributed by atoms with Crippen LogP contribution in [0.5, 0.6) is 0 Å². The second-order valence-corrected chi connectivity index (χ2v) is 3.48. The topological polar surface area (TPSA) is 47.9 Å². The molecule has 5 heteroatoms. The van der Waals surface area contributed by atoms with Gasteiger partial charge in [0.25, 0.3) is 0 Å². The SMILES string of the molecule is CNC(=S)N1N=C(C)CC1(C)O. The average Bonchev–Trinajstić information content (AvgIpc) is 2.23. The van der Waals surface area contributed by atoms with Crippen LogP contribution >= 0.6 is 12.2 Å². The average molecular weight is 187 g/mol. The molecular weight excluding hydrogens is 174 g/mol. The van der Waals surface area contributed by atoms with Crippen LogP contribution in [0.3, 0.4) is 0 Å². The predicted octanol–water partition coefficient (Wildman–Crippen LogP) is 0.281. The fourth-order valence-corrected chi connectivity index (χ4v) is 1.48. The highest BCUT2D eigenvalue weighted by atomic mass is 32.1. The summed E-state index contributed by atoms with van der Waals surface area (Å²) >= 11 is 4.96. The Bertz CT molecular complexity index is 237. The monoisotopic (exact) mass is 187 g/mol. The van der Waals surface area contributed by atoms with Gasteiger partial charge in [-0.25, -0.2) is 5.01 Å². The summed E-state index contributed by atoms with van der Waals surface area (Å²) in [5.41, 5.74) is -0.0814. The van der Waals surface area contributed by atoms with E-state index in [1.165, 1.54) is 5.01 Å². The molecule has 0 aliphatic carbocycles. The minimum Gasteiger partial charge on any atom is -0.369 e. The maximum atomic E-state index is 9.81. The van der Waals surface area contributed by atoms with Crippen LogP contribution in [0.25, 0.3) is 0 Å². The zero-order valence-corrected chi connectivity index (χ0v) is 8.27. The second-order valence-electron chi connectivity index (χ2n) is 3.10. The first-order valence-corrected chi connectivity index (χ1v) is 4.16. The molecule has 2 N–H and O–H groups in total. The fourth-order valence-electron chi connectivity index (χ4n) is 1.24. The molecule has 68 valence electrons. The molecule has 1 unspecified atom stereocenters. The van der Waals surface area contributed by atoms with Crippen LogP contribution in [0.1, 0.15) is 20.3 Å². The molecule has 0 aromatic rings. The molecule has 12 heavy (non-hydrogen) atoms. The van der Waals surface area contributed by atoms with Gasteiger partial charge in [-0.05, 0) is 26.1 Å². The molecule has 0 bridgehead atoms. The zero-order valence-electron chi connectivity index (χ0n) is 7.46. The quantitative estimate of drug-likeness (QED) is 0.535. The van der Waals surface area contributed by atoms with Crippen molar-refractivity contribution in [3.8, 4) is 0 Å². The summed E-state index contributed by atoms with van der Waals surface area (Å²) in [5.74, 6) is 0. The van der Waals surface area contributed by atoms with E-state index in [2.05, 4.69) is 10.4 Å². The lowest BCUT2D eigenvalue weighted by molar-refractivity contribution is -0.0330. The number of nitrogens with one attached hydrogen (secondary N) is 1. The van der Waals surface area contributed by atoms with Crippen LogP contribution < -0.4 is 5.32 Å². The highest BCUT2D eigenvalue weighted by Gasteiger charge is 2.36. The van der Waals surface area contributed by atoms with Crippen LogP contribution in [0.4, 0.5) is 0 Å². The first-order chi connectivity index (χ1) is 5.47. The Kier molecular flexibility index (Phi) is 2.34. The van der Waals surface area contributed by atoms with Crippen LogP contribution in [0.15, 0.2) is 5.10 Å². The molecule has 1 aliphatic rings. The minimum absolute atomic E-state index is 0.442. The Hall–Kier alpha value is -0.680. The van der Waals surface area contributed by atoms with E-state index >= 15 is 0 Å². The summed E-state index contributed by atoms with van der Waals surface area (Å²) in [7, 11) is 1.71. The van der Waals surface area contributed by atoms with Gasteiger partial charge in [-0.2, -0.15) is 5.10 Å². The van der Waals surface area contributed by atoms with Gasteiger partial charge < -0.3 is 10.4 Å². The van der Waals surface area contributed by atoms with Crippen molar-refractivity contribution in [2.75, 3.05) is 7.05 Å². The third-order valence-electron chi connectivity index (χ3n) is 1.72. The molecule has 0 aromatic heterocycles. The minimum atomic E-state index is -0.968. The second kappa shape index (κ2) is 2.99. The Balaban J connectivity index is 2.82.